The third-order valence-corrected chi connectivity index (χ3v) is 3.04. The minimum atomic E-state index is 0.334. The van der Waals surface area contributed by atoms with E-state index < -0.39 is 0 Å². The van der Waals surface area contributed by atoms with Gasteiger partial charge in [-0.15, -0.1) is 0 Å². The summed E-state index contributed by atoms with van der Waals surface area (Å²) in [4.78, 5) is 0. The molecule has 0 aromatic rings. The highest BCUT2D eigenvalue weighted by Crippen LogP contribution is 2.22. The van der Waals surface area contributed by atoms with E-state index >= 15 is 0 Å². The molecular formula is C11H20N2O. The zero-order chi connectivity index (χ0) is 10.4. The fourth-order valence-electron chi connectivity index (χ4n) is 2.13. The molecule has 1 fully saturated rings. The molecule has 1 rings (SSSR count). The lowest BCUT2D eigenvalue weighted by atomic mass is 10.1. The molecule has 1 saturated carbocycles. The standard InChI is InChI=1S/C11H20N2O/c1-3-9(7-8-12)13-10-5-4-6-11(10)14-2/h9-11,13H,3-7H2,1-2H3. The molecule has 0 aromatic heterocycles. The monoisotopic (exact) mass is 196 g/mol. The predicted octanol–water partition coefficient (Wildman–Crippen LogP) is 1.84. The van der Waals surface area contributed by atoms with Gasteiger partial charge >= 0.3 is 0 Å². The Bertz CT molecular complexity index is 200. The lowest BCUT2D eigenvalue weighted by molar-refractivity contribution is 0.0812. The molecule has 0 radical (unpaired) electrons. The molecule has 1 aliphatic rings. The van der Waals surface area contributed by atoms with Crippen LogP contribution in [0.3, 0.4) is 0 Å². The summed E-state index contributed by atoms with van der Waals surface area (Å²) in [5, 5.41) is 12.2. The van der Waals surface area contributed by atoms with E-state index in [9.17, 15) is 0 Å². The SMILES string of the molecule is CCC(CC#N)NC1CCCC1OC. The van der Waals surface area contributed by atoms with Crippen molar-refractivity contribution in [3.05, 3.63) is 0 Å². The summed E-state index contributed by atoms with van der Waals surface area (Å²) in [5.41, 5.74) is 0. The average Bonchev–Trinajstić information content (AvgIpc) is 2.64. The normalized spacial score (nSPS) is 28.6. The number of hydrogen-bond acceptors (Lipinski definition) is 3. The predicted molar refractivity (Wildman–Crippen MR) is 55.9 cm³/mol. The molecule has 3 unspecified atom stereocenters. The topological polar surface area (TPSA) is 45.0 Å². The minimum absolute atomic E-state index is 0.334. The number of methoxy groups -OCH3 is 1. The van der Waals surface area contributed by atoms with Crippen molar-refractivity contribution in [1.82, 2.24) is 5.32 Å². The highest BCUT2D eigenvalue weighted by Gasteiger charge is 2.28. The van der Waals surface area contributed by atoms with Crippen LogP contribution in [0.25, 0.3) is 0 Å². The van der Waals surface area contributed by atoms with Crippen LogP contribution in [-0.4, -0.2) is 25.3 Å². The lowest BCUT2D eigenvalue weighted by Gasteiger charge is -2.24. The second-order valence-electron chi connectivity index (χ2n) is 3.95. The van der Waals surface area contributed by atoms with Gasteiger partial charge in [0.05, 0.1) is 18.6 Å². The Balaban J connectivity index is 2.37. The second kappa shape index (κ2) is 6.00. The van der Waals surface area contributed by atoms with Crippen LogP contribution in [0.4, 0.5) is 0 Å². The van der Waals surface area contributed by atoms with E-state index in [1.807, 2.05) is 0 Å². The number of nitrogens with one attached hydrogen (secondary N) is 1. The number of hydrogen-bond donors (Lipinski definition) is 1. The van der Waals surface area contributed by atoms with E-state index in [1.54, 1.807) is 7.11 Å². The molecule has 3 nitrogen and oxygen atoms in total. The number of nitriles is 1. The molecule has 0 heterocycles. The quantitative estimate of drug-likeness (QED) is 0.729. The molecule has 0 amide bonds. The van der Waals surface area contributed by atoms with Gasteiger partial charge in [0.1, 0.15) is 0 Å². The van der Waals surface area contributed by atoms with Crippen LogP contribution in [0.15, 0.2) is 0 Å². The van der Waals surface area contributed by atoms with Crippen LogP contribution in [0, 0.1) is 11.3 Å². The molecule has 3 atom stereocenters. The van der Waals surface area contributed by atoms with Crippen molar-refractivity contribution in [3.8, 4) is 6.07 Å². The van der Waals surface area contributed by atoms with Crippen LogP contribution >= 0.6 is 0 Å². The fraction of sp³-hybridized carbons (Fsp3) is 0.909. The van der Waals surface area contributed by atoms with Gasteiger partial charge in [-0.2, -0.15) is 5.26 Å². The van der Waals surface area contributed by atoms with E-state index in [0.29, 0.717) is 24.6 Å². The van der Waals surface area contributed by atoms with Crippen LogP contribution in [0.5, 0.6) is 0 Å². The van der Waals surface area contributed by atoms with Crippen molar-refractivity contribution >= 4 is 0 Å². The largest absolute Gasteiger partial charge is 0.380 e. The highest BCUT2D eigenvalue weighted by atomic mass is 16.5. The third-order valence-electron chi connectivity index (χ3n) is 3.04. The Morgan fingerprint density at radius 2 is 2.36 bits per heavy atom. The van der Waals surface area contributed by atoms with Gasteiger partial charge in [0, 0.05) is 19.2 Å². The van der Waals surface area contributed by atoms with Crippen LogP contribution in [0.2, 0.25) is 0 Å². The number of rotatable bonds is 5. The maximum Gasteiger partial charge on any atom is 0.0724 e. The maximum atomic E-state index is 8.64. The molecular weight excluding hydrogens is 176 g/mol. The Morgan fingerprint density at radius 1 is 1.57 bits per heavy atom. The number of nitrogens with zero attached hydrogens (tertiary/aromatic N) is 1. The Kier molecular flexibility index (Phi) is 4.92. The highest BCUT2D eigenvalue weighted by molar-refractivity contribution is 4.89. The average molecular weight is 196 g/mol. The molecule has 14 heavy (non-hydrogen) atoms. The molecule has 3 heteroatoms. The van der Waals surface area contributed by atoms with Crippen LogP contribution < -0.4 is 5.32 Å². The van der Waals surface area contributed by atoms with Crippen molar-refractivity contribution in [2.45, 2.75) is 57.2 Å². The van der Waals surface area contributed by atoms with Gasteiger partial charge < -0.3 is 10.1 Å². The molecule has 0 spiro atoms. The maximum absolute atomic E-state index is 8.64. The van der Waals surface area contributed by atoms with Crippen molar-refractivity contribution in [2.75, 3.05) is 7.11 Å². The zero-order valence-corrected chi connectivity index (χ0v) is 9.12. The summed E-state index contributed by atoms with van der Waals surface area (Å²) < 4.78 is 5.40. The van der Waals surface area contributed by atoms with Crippen molar-refractivity contribution < 1.29 is 4.74 Å². The fourth-order valence-corrected chi connectivity index (χ4v) is 2.13. The molecule has 1 aliphatic carbocycles. The van der Waals surface area contributed by atoms with Crippen molar-refractivity contribution in [2.24, 2.45) is 0 Å². The Morgan fingerprint density at radius 3 is 2.93 bits per heavy atom. The summed E-state index contributed by atoms with van der Waals surface area (Å²) in [5.74, 6) is 0. The van der Waals surface area contributed by atoms with Gasteiger partial charge in [-0.3, -0.25) is 0 Å². The Hall–Kier alpha value is -0.590. The number of ether oxygens (including phenoxy) is 1. The minimum Gasteiger partial charge on any atom is -0.380 e. The molecule has 0 bridgehead atoms. The smallest absolute Gasteiger partial charge is 0.0724 e. The first-order valence-corrected chi connectivity index (χ1v) is 5.47. The second-order valence-corrected chi connectivity index (χ2v) is 3.95. The van der Waals surface area contributed by atoms with E-state index in [2.05, 4.69) is 18.3 Å². The van der Waals surface area contributed by atoms with Gasteiger partial charge in [0.2, 0.25) is 0 Å². The van der Waals surface area contributed by atoms with Gasteiger partial charge in [-0.1, -0.05) is 6.92 Å². The van der Waals surface area contributed by atoms with Gasteiger partial charge in [-0.05, 0) is 25.7 Å². The van der Waals surface area contributed by atoms with Crippen LogP contribution in [0.1, 0.15) is 39.0 Å². The molecule has 1 N–H and O–H groups in total. The van der Waals surface area contributed by atoms with E-state index in [-0.39, 0.29) is 0 Å². The van der Waals surface area contributed by atoms with Gasteiger partial charge in [-0.25, -0.2) is 0 Å². The Labute approximate surface area is 86.4 Å². The summed E-state index contributed by atoms with van der Waals surface area (Å²) in [7, 11) is 1.77. The summed E-state index contributed by atoms with van der Waals surface area (Å²) in [6.45, 7) is 2.12. The first kappa shape index (κ1) is 11.5. The van der Waals surface area contributed by atoms with Crippen molar-refractivity contribution in [3.63, 3.8) is 0 Å². The van der Waals surface area contributed by atoms with Gasteiger partial charge in [0.25, 0.3) is 0 Å². The third kappa shape index (κ3) is 2.97. The van der Waals surface area contributed by atoms with Crippen LogP contribution in [-0.2, 0) is 4.74 Å². The summed E-state index contributed by atoms with van der Waals surface area (Å²) >= 11 is 0. The van der Waals surface area contributed by atoms with E-state index in [0.717, 1.165) is 12.8 Å². The first-order chi connectivity index (χ1) is 6.81. The summed E-state index contributed by atoms with van der Waals surface area (Å²) in [6, 6.07) is 3.01. The zero-order valence-electron chi connectivity index (χ0n) is 9.12. The van der Waals surface area contributed by atoms with E-state index in [1.165, 1.54) is 12.8 Å². The van der Waals surface area contributed by atoms with E-state index in [4.69, 9.17) is 10.00 Å². The first-order valence-electron chi connectivity index (χ1n) is 5.47. The molecule has 0 aromatic carbocycles. The summed E-state index contributed by atoms with van der Waals surface area (Å²) in [6.07, 6.45) is 5.53. The van der Waals surface area contributed by atoms with Crippen molar-refractivity contribution in [1.29, 1.82) is 5.26 Å². The molecule has 0 saturated heterocycles. The molecule has 80 valence electrons. The lowest BCUT2D eigenvalue weighted by Crippen LogP contribution is -2.42. The van der Waals surface area contributed by atoms with Gasteiger partial charge in [0.15, 0.2) is 0 Å². The molecule has 0 aliphatic heterocycles.